The van der Waals surface area contributed by atoms with Gasteiger partial charge in [-0.25, -0.2) is 0 Å². The molecule has 0 bridgehead atoms. The molecule has 4 rings (SSSR count). The highest BCUT2D eigenvalue weighted by Crippen LogP contribution is 2.46. The zero-order chi connectivity index (χ0) is 32.2. The Labute approximate surface area is 310 Å². The van der Waals surface area contributed by atoms with E-state index in [1.54, 1.807) is 24.3 Å². The molecule has 1 N–H and O–H groups in total. The van der Waals surface area contributed by atoms with E-state index >= 15 is 0 Å². The molecule has 1 atom stereocenters. The summed E-state index contributed by atoms with van der Waals surface area (Å²) in [7, 11) is -2.92. The predicted molar refractivity (Wildman–Crippen MR) is 201 cm³/mol. The number of carbonyl (C=O) groups is 1. The first-order chi connectivity index (χ1) is 21.0. The molecule has 2 aromatic rings. The summed E-state index contributed by atoms with van der Waals surface area (Å²) in [5, 5.41) is 23.7. The van der Waals surface area contributed by atoms with E-state index in [1.807, 2.05) is 72.0 Å². The van der Waals surface area contributed by atoms with Crippen LogP contribution in [0.2, 0.25) is 6.04 Å². The van der Waals surface area contributed by atoms with Gasteiger partial charge < -0.3 is 37.4 Å². The van der Waals surface area contributed by atoms with Crippen molar-refractivity contribution in [3.63, 3.8) is 0 Å². The van der Waals surface area contributed by atoms with E-state index in [0.29, 0.717) is 82.2 Å². The maximum absolute atomic E-state index is 12.9. The zero-order valence-electron chi connectivity index (χ0n) is 24.0. The van der Waals surface area contributed by atoms with E-state index in [-0.39, 0.29) is 17.6 Å². The quantitative estimate of drug-likeness (QED) is 0.0854. The molecule has 9 nitrogen and oxygen atoms in total. The minimum Gasteiger partial charge on any atom is -0.545 e. The monoisotopic (exact) mass is 1070 g/mol. The Morgan fingerprint density at radius 2 is 1.59 bits per heavy atom. The average Bonchev–Trinajstić information content (AvgIpc) is 2.98. The Kier molecular flexibility index (Phi) is 13.2. The first-order valence-corrected chi connectivity index (χ1v) is 20.0. The van der Waals surface area contributed by atoms with Crippen molar-refractivity contribution in [1.82, 2.24) is 0 Å². The molecule has 0 spiro atoms. The van der Waals surface area contributed by atoms with Crippen molar-refractivity contribution >= 4 is 116 Å². The third-order valence-corrected chi connectivity index (χ3v) is 13.4. The molecule has 2 aliphatic rings. The van der Waals surface area contributed by atoms with Crippen molar-refractivity contribution in [1.29, 1.82) is 0 Å². The van der Waals surface area contributed by atoms with Gasteiger partial charge in [0.1, 0.15) is 15.9 Å². The molecule has 1 heterocycles. The fourth-order valence-electron chi connectivity index (χ4n) is 4.90. The summed E-state index contributed by atoms with van der Waals surface area (Å²) in [6.07, 6.45) is -0.467. The number of carbonyl (C=O) groups excluding carboxylic acids is 1. The maximum atomic E-state index is 12.9. The molecule has 236 valence electrons. The van der Waals surface area contributed by atoms with Gasteiger partial charge in [-0.3, -0.25) is 4.79 Å². The van der Waals surface area contributed by atoms with Crippen LogP contribution in [-0.4, -0.2) is 52.4 Å². The Bertz CT molecular complexity index is 1680. The molecular formula is C30H29I4O9Si-. The van der Waals surface area contributed by atoms with Crippen LogP contribution in [0.15, 0.2) is 45.6 Å². The fraction of sp³-hybridized carbons (Fsp3) is 0.333. The number of hydrogen-bond donors (Lipinski definition) is 1. The topological polar surface area (TPSA) is 127 Å². The van der Waals surface area contributed by atoms with E-state index in [1.165, 1.54) is 6.07 Å². The van der Waals surface area contributed by atoms with E-state index in [9.17, 15) is 19.8 Å². The van der Waals surface area contributed by atoms with E-state index in [4.69, 9.17) is 22.4 Å². The van der Waals surface area contributed by atoms with E-state index in [2.05, 4.69) is 45.2 Å². The Morgan fingerprint density at radius 3 is 2.20 bits per heavy atom. The molecular weight excluding hydrogens is 1040 g/mol. The van der Waals surface area contributed by atoms with Crippen molar-refractivity contribution in [2.45, 2.75) is 39.3 Å². The molecule has 0 saturated heterocycles. The molecule has 0 amide bonds. The third kappa shape index (κ3) is 7.74. The molecule has 0 fully saturated rings. The third-order valence-electron chi connectivity index (χ3n) is 6.72. The van der Waals surface area contributed by atoms with E-state index in [0.717, 1.165) is 3.57 Å². The van der Waals surface area contributed by atoms with Crippen LogP contribution in [0.4, 0.5) is 0 Å². The molecule has 1 aliphatic heterocycles. The number of aliphatic hydroxyl groups excluding tert-OH is 1. The summed E-state index contributed by atoms with van der Waals surface area (Å²) >= 11 is 8.24. The summed E-state index contributed by atoms with van der Waals surface area (Å²) in [6, 6.07) is 10.7. The highest BCUT2D eigenvalue weighted by atomic mass is 127. The van der Waals surface area contributed by atoms with Gasteiger partial charge in [-0.05, 0) is 135 Å². The lowest BCUT2D eigenvalue weighted by Crippen LogP contribution is -2.46. The van der Waals surface area contributed by atoms with Crippen LogP contribution in [-0.2, 0) is 13.3 Å². The number of benzene rings is 3. The van der Waals surface area contributed by atoms with Gasteiger partial charge >= 0.3 is 8.80 Å². The van der Waals surface area contributed by atoms with E-state index < -0.39 is 20.9 Å². The van der Waals surface area contributed by atoms with Gasteiger partial charge in [0.05, 0.1) is 22.8 Å². The van der Waals surface area contributed by atoms with Crippen molar-refractivity contribution in [2.75, 3.05) is 26.4 Å². The lowest BCUT2D eigenvalue weighted by Gasteiger charge is -2.29. The minimum absolute atomic E-state index is 0.000752. The average molecular weight is 1070 g/mol. The summed E-state index contributed by atoms with van der Waals surface area (Å²) in [5.41, 5.74) is 1.96. The number of rotatable bonds is 14. The van der Waals surface area contributed by atoms with Crippen LogP contribution >= 0.6 is 90.4 Å². The second-order valence-corrected chi connectivity index (χ2v) is 16.8. The molecule has 2 aromatic carbocycles. The molecule has 44 heavy (non-hydrogen) atoms. The van der Waals surface area contributed by atoms with Crippen molar-refractivity contribution in [2.24, 2.45) is 0 Å². The van der Waals surface area contributed by atoms with Gasteiger partial charge in [-0.2, -0.15) is 0 Å². The number of aliphatic hydroxyl groups is 1. The maximum Gasteiger partial charge on any atom is 0.501 e. The number of fused-ring (bicyclic) bond motifs is 2. The fourth-order valence-corrected chi connectivity index (χ4v) is 11.5. The number of carboxylic acids is 1. The number of hydrogen-bond acceptors (Lipinski definition) is 9. The lowest BCUT2D eigenvalue weighted by atomic mass is 9.91. The van der Waals surface area contributed by atoms with Gasteiger partial charge in [-0.15, -0.1) is 0 Å². The van der Waals surface area contributed by atoms with Crippen LogP contribution in [0.5, 0.6) is 5.75 Å². The first-order valence-electron chi connectivity index (χ1n) is 13.8. The summed E-state index contributed by atoms with van der Waals surface area (Å²) in [4.78, 5) is 25.1. The van der Waals surface area contributed by atoms with Crippen LogP contribution < -0.4 is 15.3 Å². The standard InChI is InChI=1S/C30H30I4O9Si/c1-4-40-44(41-5-2,42-6-3)12-11-16(35)15-39-29-22(32)14-20-23(17-9-7-8-10-18(17)30(37)38)19-13-21(31)26(36)24(33)27(19)43-28(20)25(29)34/h7-10,13-14,16,35H,4-6,11-12,15H2,1-3H3,(H,37,38)/p-1. The van der Waals surface area contributed by atoms with Crippen molar-refractivity contribution < 1.29 is 37.4 Å². The van der Waals surface area contributed by atoms with Gasteiger partial charge in [0, 0.05) is 47.9 Å². The summed E-state index contributed by atoms with van der Waals surface area (Å²) < 4.78 is 32.5. The Balaban J connectivity index is 1.79. The first kappa shape index (κ1) is 36.2. The second kappa shape index (κ2) is 16.0. The van der Waals surface area contributed by atoms with Gasteiger partial charge in [-0.1, -0.05) is 24.3 Å². The van der Waals surface area contributed by atoms with Crippen molar-refractivity contribution in [3.8, 4) is 28.2 Å². The van der Waals surface area contributed by atoms with Crippen molar-refractivity contribution in [3.05, 3.63) is 66.5 Å². The highest BCUT2D eigenvalue weighted by Gasteiger charge is 2.40. The molecule has 14 heteroatoms. The predicted octanol–water partition coefficient (Wildman–Crippen LogP) is 6.52. The Hall–Kier alpha value is -0.623. The largest absolute Gasteiger partial charge is 0.545 e. The normalized spacial score (nSPS) is 12.6. The highest BCUT2D eigenvalue weighted by molar-refractivity contribution is 14.1. The van der Waals surface area contributed by atoms with Gasteiger partial charge in [0.15, 0.2) is 11.3 Å². The zero-order valence-corrected chi connectivity index (χ0v) is 33.6. The minimum atomic E-state index is -2.92. The van der Waals surface area contributed by atoms with Crippen LogP contribution in [0.1, 0.15) is 37.6 Å². The molecule has 0 saturated carbocycles. The second-order valence-electron chi connectivity index (χ2n) is 9.55. The summed E-state index contributed by atoms with van der Waals surface area (Å²) in [5.74, 6) is -0.456. The smallest absolute Gasteiger partial charge is 0.501 e. The summed E-state index contributed by atoms with van der Waals surface area (Å²) in [6.45, 7) is 7.02. The molecule has 1 unspecified atom stereocenters. The molecule has 1 aliphatic carbocycles. The molecule has 0 aromatic heterocycles. The van der Waals surface area contributed by atoms with Gasteiger partial charge in [0.25, 0.3) is 0 Å². The lowest BCUT2D eigenvalue weighted by molar-refractivity contribution is -0.254. The van der Waals surface area contributed by atoms with Gasteiger partial charge in [0.2, 0.25) is 5.43 Å². The molecule has 0 radical (unpaired) electrons. The number of halogens is 4. The SMILES string of the molecule is CCO[Si](CCC(O)COc1c(I)cc2c(-c3ccccc3C(=O)[O-])c3cc(I)c(=O)c(I)c-3oc2c1I)(OCC)OCC. The number of carboxylic acid groups (broad SMARTS) is 1. The van der Waals surface area contributed by atoms with Crippen LogP contribution in [0.25, 0.3) is 33.4 Å². The van der Waals surface area contributed by atoms with Crippen LogP contribution in [0.3, 0.4) is 0 Å². The van der Waals surface area contributed by atoms with Crippen LogP contribution in [0, 0.1) is 14.3 Å². The Morgan fingerprint density at radius 1 is 0.955 bits per heavy atom. The number of ether oxygens (including phenoxy) is 1. The number of aromatic carboxylic acids is 1.